The van der Waals surface area contributed by atoms with Crippen molar-refractivity contribution in [1.82, 2.24) is 0 Å². The molecule has 1 nitrogen and oxygen atoms in total. The molecule has 0 radical (unpaired) electrons. The SMILES string of the molecule is CC(C)=CCC[C@@H](C)[C@H]1CC[C@H]2C3=C(CC[C@]12C)[C@@]1(C)CCC[C@@H](C=O)[C@@H]1CC3. The van der Waals surface area contributed by atoms with E-state index < -0.39 is 0 Å². The number of hydrogen-bond donors (Lipinski definition) is 0. The van der Waals surface area contributed by atoms with Crippen LogP contribution in [0.15, 0.2) is 22.8 Å². The van der Waals surface area contributed by atoms with Gasteiger partial charge in [0.05, 0.1) is 0 Å². The lowest BCUT2D eigenvalue weighted by atomic mass is 9.49. The molecule has 29 heavy (non-hydrogen) atoms. The van der Waals surface area contributed by atoms with Crippen molar-refractivity contribution < 1.29 is 4.79 Å². The average Bonchev–Trinajstić information content (AvgIpc) is 3.03. The summed E-state index contributed by atoms with van der Waals surface area (Å²) in [5.74, 6) is 3.51. The molecular weight excluding hydrogens is 352 g/mol. The van der Waals surface area contributed by atoms with Gasteiger partial charge >= 0.3 is 0 Å². The van der Waals surface area contributed by atoms with Crippen LogP contribution in [0.4, 0.5) is 0 Å². The highest BCUT2D eigenvalue weighted by molar-refractivity contribution is 5.55. The molecule has 0 aliphatic heterocycles. The maximum atomic E-state index is 11.8. The van der Waals surface area contributed by atoms with Crippen LogP contribution in [0.2, 0.25) is 0 Å². The highest BCUT2D eigenvalue weighted by Gasteiger charge is 2.56. The van der Waals surface area contributed by atoms with Gasteiger partial charge in [-0.3, -0.25) is 0 Å². The summed E-state index contributed by atoms with van der Waals surface area (Å²) in [6.45, 7) is 12.2. The lowest BCUT2D eigenvalue weighted by Gasteiger charge is -2.55. The van der Waals surface area contributed by atoms with E-state index in [0.717, 1.165) is 24.2 Å². The minimum absolute atomic E-state index is 0.322. The maximum absolute atomic E-state index is 11.8. The third-order valence-corrected chi connectivity index (χ3v) is 10.2. The fourth-order valence-electron chi connectivity index (χ4n) is 8.65. The van der Waals surface area contributed by atoms with Gasteiger partial charge in [-0.25, -0.2) is 0 Å². The molecular formula is C28H44O. The first-order valence-corrected chi connectivity index (χ1v) is 12.6. The molecule has 1 heteroatoms. The molecule has 162 valence electrons. The number of hydrogen-bond acceptors (Lipinski definition) is 1. The van der Waals surface area contributed by atoms with Crippen molar-refractivity contribution in [2.75, 3.05) is 0 Å². The van der Waals surface area contributed by atoms with Crippen molar-refractivity contribution in [3.63, 3.8) is 0 Å². The summed E-state index contributed by atoms with van der Waals surface area (Å²) in [5.41, 5.74) is 6.02. The van der Waals surface area contributed by atoms with Gasteiger partial charge in [-0.05, 0) is 113 Å². The highest BCUT2D eigenvalue weighted by Crippen LogP contribution is 2.66. The Kier molecular flexibility index (Phi) is 5.91. The second kappa shape index (κ2) is 8.01. The summed E-state index contributed by atoms with van der Waals surface area (Å²) in [7, 11) is 0. The monoisotopic (exact) mass is 396 g/mol. The van der Waals surface area contributed by atoms with Crippen molar-refractivity contribution in [2.24, 2.45) is 40.4 Å². The zero-order valence-corrected chi connectivity index (χ0v) is 19.7. The van der Waals surface area contributed by atoms with Gasteiger partial charge in [0.25, 0.3) is 0 Å². The van der Waals surface area contributed by atoms with E-state index in [-0.39, 0.29) is 0 Å². The summed E-state index contributed by atoms with van der Waals surface area (Å²) in [6.07, 6.45) is 18.2. The van der Waals surface area contributed by atoms with Crippen LogP contribution < -0.4 is 0 Å². The number of carbonyl (C=O) groups is 1. The van der Waals surface area contributed by atoms with Gasteiger partial charge < -0.3 is 4.79 Å². The van der Waals surface area contributed by atoms with E-state index >= 15 is 0 Å². The first-order chi connectivity index (χ1) is 13.8. The second-order valence-corrected chi connectivity index (χ2v) is 11.8. The lowest BCUT2D eigenvalue weighted by molar-refractivity contribution is -0.116. The molecule has 0 aromatic rings. The molecule has 0 bridgehead atoms. The standard InChI is InChI=1S/C28H44O/c1-19(2)8-6-9-20(3)23-13-14-25-22-11-12-24-21(18-29)10-7-16-27(24,4)26(22)15-17-28(23,25)5/h8,18,20-21,23-25H,6-7,9-17H2,1-5H3/t20-,21+,23-,24+,25+,27+,28-/m1/s1. The number of allylic oxidation sites excluding steroid dienone is 4. The largest absolute Gasteiger partial charge is 0.303 e. The Morgan fingerprint density at radius 3 is 2.62 bits per heavy atom. The third kappa shape index (κ3) is 3.49. The molecule has 4 aliphatic carbocycles. The molecule has 0 saturated heterocycles. The molecule has 0 heterocycles. The van der Waals surface area contributed by atoms with Crippen molar-refractivity contribution in [3.05, 3.63) is 22.8 Å². The topological polar surface area (TPSA) is 17.1 Å². The van der Waals surface area contributed by atoms with Gasteiger partial charge in [0, 0.05) is 5.92 Å². The number of fused-ring (bicyclic) bond motifs is 4. The minimum atomic E-state index is 0.322. The Bertz CT molecular complexity index is 695. The Morgan fingerprint density at radius 2 is 1.90 bits per heavy atom. The Morgan fingerprint density at radius 1 is 1.10 bits per heavy atom. The Labute approximate surface area is 179 Å². The van der Waals surface area contributed by atoms with Gasteiger partial charge in [-0.1, -0.05) is 50.0 Å². The van der Waals surface area contributed by atoms with Crippen molar-refractivity contribution in [1.29, 1.82) is 0 Å². The maximum Gasteiger partial charge on any atom is 0.123 e. The van der Waals surface area contributed by atoms with Gasteiger partial charge in [-0.2, -0.15) is 0 Å². The molecule has 0 aromatic heterocycles. The molecule has 0 unspecified atom stereocenters. The van der Waals surface area contributed by atoms with Crippen LogP contribution in [0.1, 0.15) is 105 Å². The van der Waals surface area contributed by atoms with Crippen LogP contribution in [0.5, 0.6) is 0 Å². The summed E-state index contributed by atoms with van der Waals surface area (Å²) in [4.78, 5) is 11.8. The molecule has 4 aliphatic rings. The molecule has 2 fully saturated rings. The molecule has 4 rings (SSSR count). The third-order valence-electron chi connectivity index (χ3n) is 10.2. The number of aldehydes is 1. The summed E-state index contributed by atoms with van der Waals surface area (Å²) in [6, 6.07) is 0. The van der Waals surface area contributed by atoms with E-state index in [1.807, 2.05) is 11.1 Å². The fourth-order valence-corrected chi connectivity index (χ4v) is 8.65. The van der Waals surface area contributed by atoms with Crippen molar-refractivity contribution in [3.8, 4) is 0 Å². The average molecular weight is 397 g/mol. The lowest BCUT2D eigenvalue weighted by Crippen LogP contribution is -2.46. The minimum Gasteiger partial charge on any atom is -0.303 e. The summed E-state index contributed by atoms with van der Waals surface area (Å²) in [5, 5.41) is 0. The van der Waals surface area contributed by atoms with Gasteiger partial charge in [-0.15, -0.1) is 0 Å². The van der Waals surface area contributed by atoms with Crippen LogP contribution in [-0.2, 0) is 4.79 Å². The van der Waals surface area contributed by atoms with Crippen molar-refractivity contribution in [2.45, 2.75) is 105 Å². The first-order valence-electron chi connectivity index (χ1n) is 12.6. The summed E-state index contributed by atoms with van der Waals surface area (Å²) >= 11 is 0. The predicted octanol–water partition coefficient (Wildman–Crippen LogP) is 7.91. The summed E-state index contributed by atoms with van der Waals surface area (Å²) < 4.78 is 0. The fraction of sp³-hybridized carbons (Fsp3) is 0.821. The zero-order valence-electron chi connectivity index (χ0n) is 19.7. The van der Waals surface area contributed by atoms with E-state index in [1.54, 1.807) is 0 Å². The van der Waals surface area contributed by atoms with Crippen LogP contribution in [0, 0.1) is 40.4 Å². The van der Waals surface area contributed by atoms with Gasteiger partial charge in [0.15, 0.2) is 0 Å². The molecule has 7 atom stereocenters. The number of carbonyl (C=O) groups excluding carboxylic acids is 1. The van der Waals surface area contributed by atoms with E-state index in [4.69, 9.17) is 0 Å². The molecule has 2 saturated carbocycles. The normalized spacial score (nSPS) is 42.5. The van der Waals surface area contributed by atoms with Crippen LogP contribution in [-0.4, -0.2) is 6.29 Å². The molecule has 0 N–H and O–H groups in total. The molecule has 0 spiro atoms. The van der Waals surface area contributed by atoms with Crippen LogP contribution in [0.3, 0.4) is 0 Å². The highest BCUT2D eigenvalue weighted by atomic mass is 16.1. The quantitative estimate of drug-likeness (QED) is 0.341. The Hall–Kier alpha value is -0.850. The van der Waals surface area contributed by atoms with E-state index in [2.05, 4.69) is 40.7 Å². The predicted molar refractivity (Wildman–Crippen MR) is 123 cm³/mol. The second-order valence-electron chi connectivity index (χ2n) is 11.8. The smallest absolute Gasteiger partial charge is 0.123 e. The van der Waals surface area contributed by atoms with Crippen molar-refractivity contribution >= 4 is 6.29 Å². The van der Waals surface area contributed by atoms with E-state index in [1.165, 1.54) is 76.1 Å². The first kappa shape index (κ1) is 21.4. The zero-order chi connectivity index (χ0) is 20.8. The van der Waals surface area contributed by atoms with Crippen LogP contribution in [0.25, 0.3) is 0 Å². The van der Waals surface area contributed by atoms with E-state index in [9.17, 15) is 4.79 Å². The van der Waals surface area contributed by atoms with Gasteiger partial charge in [0.2, 0.25) is 0 Å². The van der Waals surface area contributed by atoms with Crippen LogP contribution >= 0.6 is 0 Å². The Balaban J connectivity index is 1.57. The van der Waals surface area contributed by atoms with E-state index in [0.29, 0.717) is 22.7 Å². The van der Waals surface area contributed by atoms with Gasteiger partial charge in [0.1, 0.15) is 6.29 Å². The number of rotatable bonds is 5. The molecule has 0 amide bonds. The molecule has 0 aromatic carbocycles.